The Kier molecular flexibility index (Phi) is 5.64. The van der Waals surface area contributed by atoms with Gasteiger partial charge in [-0.2, -0.15) is 0 Å². The molecule has 0 heterocycles. The lowest BCUT2D eigenvalue weighted by Gasteiger charge is -2.03. The van der Waals surface area contributed by atoms with Crippen LogP contribution >= 0.6 is 0 Å². The predicted octanol–water partition coefficient (Wildman–Crippen LogP) is 3.34. The summed E-state index contributed by atoms with van der Waals surface area (Å²) < 4.78 is 10.2. The molecule has 3 nitrogen and oxygen atoms in total. The fourth-order valence-corrected chi connectivity index (χ4v) is 1.92. The standard InChI is InChI=1S/C16H15O3Si/c17-20(18-13-11-15-7-3-1-4-8-15)19-14-12-16-9-5-2-6-10-16/h1-14,17H. The maximum atomic E-state index is 9.56. The average molecular weight is 283 g/mol. The Morgan fingerprint density at radius 2 is 1.10 bits per heavy atom. The minimum absolute atomic E-state index is 1.00. The maximum Gasteiger partial charge on any atom is 0.732 e. The van der Waals surface area contributed by atoms with Gasteiger partial charge in [-0.1, -0.05) is 60.7 Å². The van der Waals surface area contributed by atoms with Crippen molar-refractivity contribution in [2.45, 2.75) is 0 Å². The Morgan fingerprint density at radius 1 is 0.700 bits per heavy atom. The van der Waals surface area contributed by atoms with Crippen LogP contribution in [0.3, 0.4) is 0 Å². The highest BCUT2D eigenvalue weighted by atomic mass is 28.3. The summed E-state index contributed by atoms with van der Waals surface area (Å²) in [7, 11) is -2.30. The van der Waals surface area contributed by atoms with Crippen molar-refractivity contribution < 1.29 is 13.6 Å². The minimum Gasteiger partial charge on any atom is -0.495 e. The Labute approximate surface area is 120 Å². The lowest BCUT2D eigenvalue weighted by molar-refractivity contribution is 0.241. The molecule has 2 aromatic carbocycles. The highest BCUT2D eigenvalue weighted by molar-refractivity contribution is 6.35. The van der Waals surface area contributed by atoms with Crippen molar-refractivity contribution in [2.24, 2.45) is 0 Å². The zero-order chi connectivity index (χ0) is 14.0. The molecule has 0 saturated carbocycles. The molecule has 1 radical (unpaired) electrons. The van der Waals surface area contributed by atoms with E-state index in [-0.39, 0.29) is 0 Å². The third kappa shape index (κ3) is 5.13. The van der Waals surface area contributed by atoms with E-state index in [1.165, 1.54) is 12.5 Å². The second kappa shape index (κ2) is 7.99. The van der Waals surface area contributed by atoms with Crippen LogP contribution in [0.2, 0.25) is 0 Å². The highest BCUT2D eigenvalue weighted by Gasteiger charge is 2.13. The van der Waals surface area contributed by atoms with Gasteiger partial charge in [0.25, 0.3) is 0 Å². The van der Waals surface area contributed by atoms with Crippen LogP contribution in [-0.4, -0.2) is 14.3 Å². The third-order valence-corrected chi connectivity index (χ3v) is 3.13. The molecule has 0 aliphatic heterocycles. The van der Waals surface area contributed by atoms with Crippen molar-refractivity contribution in [1.29, 1.82) is 0 Å². The molecule has 1 N–H and O–H groups in total. The topological polar surface area (TPSA) is 38.7 Å². The van der Waals surface area contributed by atoms with Crippen LogP contribution in [0.15, 0.2) is 73.2 Å². The molecule has 20 heavy (non-hydrogen) atoms. The second-order valence-electron chi connectivity index (χ2n) is 3.93. The van der Waals surface area contributed by atoms with Crippen molar-refractivity contribution >= 4 is 21.7 Å². The fraction of sp³-hybridized carbons (Fsp3) is 0. The van der Waals surface area contributed by atoms with Gasteiger partial charge in [0.1, 0.15) is 0 Å². The third-order valence-electron chi connectivity index (χ3n) is 2.46. The molecule has 0 atom stereocenters. The molecule has 0 aliphatic carbocycles. The summed E-state index contributed by atoms with van der Waals surface area (Å²) in [5.41, 5.74) is 2.00. The van der Waals surface area contributed by atoms with Crippen LogP contribution in [0.1, 0.15) is 11.1 Å². The quantitative estimate of drug-likeness (QED) is 0.653. The highest BCUT2D eigenvalue weighted by Crippen LogP contribution is 2.03. The number of hydrogen-bond acceptors (Lipinski definition) is 3. The number of benzene rings is 2. The Morgan fingerprint density at radius 3 is 1.50 bits per heavy atom. The average Bonchev–Trinajstić information content (AvgIpc) is 2.49. The van der Waals surface area contributed by atoms with Crippen molar-refractivity contribution in [3.8, 4) is 0 Å². The Balaban J connectivity index is 1.74. The Bertz CT molecular complexity index is 501. The first-order chi connectivity index (χ1) is 9.84. The fourth-order valence-electron chi connectivity index (χ4n) is 1.50. The SMILES string of the molecule is O[Si](OC=Cc1ccccc1)OC=Cc1ccccc1. The largest absolute Gasteiger partial charge is 0.732 e. The number of hydrogen-bond donors (Lipinski definition) is 1. The number of rotatable bonds is 6. The second-order valence-corrected chi connectivity index (χ2v) is 4.93. The molecular weight excluding hydrogens is 268 g/mol. The van der Waals surface area contributed by atoms with E-state index < -0.39 is 9.53 Å². The van der Waals surface area contributed by atoms with E-state index in [1.807, 2.05) is 60.7 Å². The van der Waals surface area contributed by atoms with Crippen LogP contribution in [0.25, 0.3) is 12.2 Å². The van der Waals surface area contributed by atoms with E-state index >= 15 is 0 Å². The zero-order valence-corrected chi connectivity index (χ0v) is 11.8. The van der Waals surface area contributed by atoms with Crippen LogP contribution in [-0.2, 0) is 8.85 Å². The molecule has 0 aromatic heterocycles. The van der Waals surface area contributed by atoms with Gasteiger partial charge in [-0.25, -0.2) is 0 Å². The summed E-state index contributed by atoms with van der Waals surface area (Å²) in [6.45, 7) is 0. The van der Waals surface area contributed by atoms with E-state index in [1.54, 1.807) is 12.2 Å². The van der Waals surface area contributed by atoms with E-state index in [2.05, 4.69) is 0 Å². The van der Waals surface area contributed by atoms with Gasteiger partial charge < -0.3 is 13.6 Å². The molecule has 0 fully saturated rings. The van der Waals surface area contributed by atoms with Gasteiger partial charge in [-0.15, -0.1) is 0 Å². The van der Waals surface area contributed by atoms with Gasteiger partial charge in [-0.3, -0.25) is 0 Å². The van der Waals surface area contributed by atoms with Crippen LogP contribution in [0, 0.1) is 0 Å². The van der Waals surface area contributed by atoms with Crippen LogP contribution in [0.5, 0.6) is 0 Å². The normalized spacial score (nSPS) is 11.3. The Hall–Kier alpha value is -2.30. The molecule has 4 heteroatoms. The van der Waals surface area contributed by atoms with Gasteiger partial charge >= 0.3 is 9.53 Å². The smallest absolute Gasteiger partial charge is 0.495 e. The molecular formula is C16H15O3Si. The molecule has 0 saturated heterocycles. The van der Waals surface area contributed by atoms with Crippen LogP contribution < -0.4 is 0 Å². The first-order valence-electron chi connectivity index (χ1n) is 6.17. The maximum absolute atomic E-state index is 9.56. The summed E-state index contributed by atoms with van der Waals surface area (Å²) in [5.74, 6) is 0. The molecule has 0 unspecified atom stereocenters. The summed E-state index contributed by atoms with van der Waals surface area (Å²) in [6, 6.07) is 19.4. The first-order valence-corrected chi connectivity index (χ1v) is 7.43. The van der Waals surface area contributed by atoms with Gasteiger partial charge in [0, 0.05) is 0 Å². The van der Waals surface area contributed by atoms with Gasteiger partial charge in [-0.05, 0) is 23.3 Å². The predicted molar refractivity (Wildman–Crippen MR) is 81.1 cm³/mol. The summed E-state index contributed by atoms with van der Waals surface area (Å²) in [6.07, 6.45) is 6.43. The van der Waals surface area contributed by atoms with Crippen molar-refractivity contribution in [1.82, 2.24) is 0 Å². The molecule has 101 valence electrons. The zero-order valence-electron chi connectivity index (χ0n) is 10.8. The minimum atomic E-state index is -2.30. The van der Waals surface area contributed by atoms with E-state index in [0.29, 0.717) is 0 Å². The van der Waals surface area contributed by atoms with Gasteiger partial charge in [0.15, 0.2) is 0 Å². The monoisotopic (exact) mass is 283 g/mol. The lowest BCUT2D eigenvalue weighted by atomic mass is 10.2. The molecule has 2 rings (SSSR count). The van der Waals surface area contributed by atoms with Gasteiger partial charge in [0.2, 0.25) is 0 Å². The lowest BCUT2D eigenvalue weighted by Crippen LogP contribution is -2.16. The molecule has 0 aliphatic rings. The van der Waals surface area contributed by atoms with Crippen molar-refractivity contribution in [3.63, 3.8) is 0 Å². The van der Waals surface area contributed by atoms with E-state index in [0.717, 1.165) is 11.1 Å². The first kappa shape index (κ1) is 14.1. The van der Waals surface area contributed by atoms with Crippen molar-refractivity contribution in [2.75, 3.05) is 0 Å². The molecule has 0 spiro atoms. The molecule has 0 amide bonds. The molecule has 2 aromatic rings. The van der Waals surface area contributed by atoms with Crippen LogP contribution in [0.4, 0.5) is 0 Å². The summed E-state index contributed by atoms with van der Waals surface area (Å²) in [4.78, 5) is 9.56. The summed E-state index contributed by atoms with van der Waals surface area (Å²) >= 11 is 0. The summed E-state index contributed by atoms with van der Waals surface area (Å²) in [5, 5.41) is 0. The van der Waals surface area contributed by atoms with E-state index in [9.17, 15) is 4.80 Å². The van der Waals surface area contributed by atoms with Gasteiger partial charge in [0.05, 0.1) is 12.5 Å². The van der Waals surface area contributed by atoms with E-state index in [4.69, 9.17) is 8.85 Å². The molecule has 0 bridgehead atoms. The van der Waals surface area contributed by atoms with Crippen molar-refractivity contribution in [3.05, 3.63) is 84.3 Å².